The molecule has 0 fully saturated rings. The molecule has 2 aromatic heterocycles. The van der Waals surface area contributed by atoms with Gasteiger partial charge in [-0.05, 0) is 38.2 Å². The Balaban J connectivity index is 1.88. The van der Waals surface area contributed by atoms with Crippen molar-refractivity contribution < 1.29 is 4.79 Å². The first-order chi connectivity index (χ1) is 12.6. The molecule has 0 saturated carbocycles. The zero-order valence-electron chi connectivity index (χ0n) is 15.1. The maximum Gasteiger partial charge on any atom is 0.263 e. The summed E-state index contributed by atoms with van der Waals surface area (Å²) in [6.07, 6.45) is 4.62. The van der Waals surface area contributed by atoms with E-state index in [9.17, 15) is 9.59 Å². The van der Waals surface area contributed by atoms with Crippen molar-refractivity contribution in [2.75, 3.05) is 19.3 Å². The highest BCUT2D eigenvalue weighted by atomic mass is 32.2. The Hall–Kier alpha value is -1.85. The Morgan fingerprint density at radius 1 is 1.42 bits per heavy atom. The molecule has 0 aromatic carbocycles. The van der Waals surface area contributed by atoms with E-state index in [1.807, 2.05) is 13.0 Å². The Morgan fingerprint density at radius 3 is 2.92 bits per heavy atom. The fourth-order valence-electron chi connectivity index (χ4n) is 3.19. The molecule has 0 aliphatic heterocycles. The summed E-state index contributed by atoms with van der Waals surface area (Å²) >= 11 is 2.93. The Labute approximate surface area is 160 Å². The van der Waals surface area contributed by atoms with Crippen LogP contribution in [0.4, 0.5) is 0 Å². The molecule has 1 aliphatic carbocycles. The number of nitrogens with zero attached hydrogens (tertiary/aromatic N) is 4. The van der Waals surface area contributed by atoms with Crippen LogP contribution in [0.5, 0.6) is 0 Å². The summed E-state index contributed by atoms with van der Waals surface area (Å²) in [6.45, 7) is 2.88. The molecule has 0 spiro atoms. The van der Waals surface area contributed by atoms with Gasteiger partial charge in [-0.15, -0.1) is 11.3 Å². The number of nitriles is 1. The summed E-state index contributed by atoms with van der Waals surface area (Å²) < 4.78 is 1.68. The second-order valence-corrected chi connectivity index (χ2v) is 8.37. The van der Waals surface area contributed by atoms with Crippen LogP contribution in [-0.4, -0.2) is 39.7 Å². The van der Waals surface area contributed by atoms with Gasteiger partial charge in [0.15, 0.2) is 5.16 Å². The number of amides is 1. The van der Waals surface area contributed by atoms with Crippen LogP contribution in [-0.2, 0) is 24.2 Å². The van der Waals surface area contributed by atoms with E-state index in [1.165, 1.54) is 28.6 Å². The van der Waals surface area contributed by atoms with Gasteiger partial charge < -0.3 is 4.90 Å². The van der Waals surface area contributed by atoms with Crippen LogP contribution in [0.1, 0.15) is 36.6 Å². The van der Waals surface area contributed by atoms with Gasteiger partial charge in [0.2, 0.25) is 5.91 Å². The first-order valence-electron chi connectivity index (χ1n) is 8.85. The number of fused-ring (bicyclic) bond motifs is 3. The van der Waals surface area contributed by atoms with Crippen molar-refractivity contribution in [2.24, 2.45) is 0 Å². The van der Waals surface area contributed by atoms with Crippen molar-refractivity contribution in [3.05, 3.63) is 20.8 Å². The normalized spacial score (nSPS) is 13.4. The van der Waals surface area contributed by atoms with Crippen LogP contribution < -0.4 is 5.56 Å². The van der Waals surface area contributed by atoms with Gasteiger partial charge >= 0.3 is 0 Å². The lowest BCUT2D eigenvalue weighted by atomic mass is 9.97. The fourth-order valence-corrected chi connectivity index (χ4v) is 5.49. The largest absolute Gasteiger partial charge is 0.344 e. The summed E-state index contributed by atoms with van der Waals surface area (Å²) in [7, 11) is 1.69. The third-order valence-corrected chi connectivity index (χ3v) is 6.81. The molecule has 0 atom stereocenters. The van der Waals surface area contributed by atoms with Crippen molar-refractivity contribution in [2.45, 2.75) is 50.7 Å². The SMILES string of the molecule is CCn1c(SCC(=O)N(C)CCC#N)nc2sc3c(c2c1=O)CCCC3. The number of hydrogen-bond donors (Lipinski definition) is 0. The second-order valence-electron chi connectivity index (χ2n) is 6.35. The van der Waals surface area contributed by atoms with Crippen LogP contribution in [0.25, 0.3) is 10.2 Å². The lowest BCUT2D eigenvalue weighted by molar-refractivity contribution is -0.127. The first-order valence-corrected chi connectivity index (χ1v) is 10.7. The number of carbonyl (C=O) groups excluding carboxylic acids is 1. The van der Waals surface area contributed by atoms with Crippen molar-refractivity contribution in [1.82, 2.24) is 14.5 Å². The summed E-state index contributed by atoms with van der Waals surface area (Å²) in [6, 6.07) is 2.04. The predicted octanol–water partition coefficient (Wildman–Crippen LogP) is 2.82. The minimum Gasteiger partial charge on any atom is -0.344 e. The number of thiophene rings is 1. The van der Waals surface area contributed by atoms with Gasteiger partial charge in [-0.1, -0.05) is 11.8 Å². The average Bonchev–Trinajstić information content (AvgIpc) is 3.02. The Kier molecular flexibility index (Phi) is 5.99. The molecule has 6 nitrogen and oxygen atoms in total. The van der Waals surface area contributed by atoms with Gasteiger partial charge in [0.1, 0.15) is 4.83 Å². The number of aryl methyl sites for hydroxylation is 2. The van der Waals surface area contributed by atoms with E-state index >= 15 is 0 Å². The average molecular weight is 391 g/mol. The van der Waals surface area contributed by atoms with E-state index in [1.54, 1.807) is 27.9 Å². The molecule has 0 saturated heterocycles. The highest BCUT2D eigenvalue weighted by Crippen LogP contribution is 2.34. The van der Waals surface area contributed by atoms with Crippen molar-refractivity contribution >= 4 is 39.2 Å². The molecule has 0 unspecified atom stereocenters. The van der Waals surface area contributed by atoms with Gasteiger partial charge in [0.05, 0.1) is 23.6 Å². The summed E-state index contributed by atoms with van der Waals surface area (Å²) in [5.41, 5.74) is 1.21. The molecule has 8 heteroatoms. The third kappa shape index (κ3) is 3.64. The molecule has 138 valence electrons. The van der Waals surface area contributed by atoms with Gasteiger partial charge in [0.25, 0.3) is 5.56 Å². The molecule has 0 N–H and O–H groups in total. The molecule has 2 aromatic rings. The summed E-state index contributed by atoms with van der Waals surface area (Å²) in [5.74, 6) is 0.151. The van der Waals surface area contributed by atoms with E-state index in [2.05, 4.69) is 0 Å². The molecule has 0 bridgehead atoms. The smallest absolute Gasteiger partial charge is 0.263 e. The maximum absolute atomic E-state index is 13.0. The minimum absolute atomic E-state index is 0.0182. The second kappa shape index (κ2) is 8.23. The fraction of sp³-hybridized carbons (Fsp3) is 0.556. The van der Waals surface area contributed by atoms with E-state index in [-0.39, 0.29) is 17.2 Å². The van der Waals surface area contributed by atoms with Crippen molar-refractivity contribution in [3.8, 4) is 6.07 Å². The Bertz CT molecular complexity index is 926. The number of rotatable bonds is 6. The molecular weight excluding hydrogens is 368 g/mol. The number of carbonyl (C=O) groups is 1. The molecule has 0 radical (unpaired) electrons. The molecule has 2 heterocycles. The van der Waals surface area contributed by atoms with E-state index < -0.39 is 0 Å². The number of thioether (sulfide) groups is 1. The number of aromatic nitrogens is 2. The van der Waals surface area contributed by atoms with E-state index in [4.69, 9.17) is 10.2 Å². The van der Waals surface area contributed by atoms with Crippen molar-refractivity contribution in [1.29, 1.82) is 5.26 Å². The predicted molar refractivity (Wildman–Crippen MR) is 105 cm³/mol. The van der Waals surface area contributed by atoms with E-state index in [0.717, 1.165) is 29.5 Å². The topological polar surface area (TPSA) is 79.0 Å². The molecule has 26 heavy (non-hydrogen) atoms. The Morgan fingerprint density at radius 2 is 2.19 bits per heavy atom. The zero-order valence-corrected chi connectivity index (χ0v) is 16.7. The van der Waals surface area contributed by atoms with Crippen LogP contribution >= 0.6 is 23.1 Å². The molecule has 1 amide bonds. The quantitative estimate of drug-likeness (QED) is 0.560. The molecular formula is C18H22N4O2S2. The standard InChI is InChI=1S/C18H22N4O2S2/c1-3-22-17(24)15-12-7-4-5-8-13(12)26-16(15)20-18(22)25-11-14(23)21(2)10-6-9-19/h3-8,10-11H2,1-2H3. The maximum atomic E-state index is 13.0. The van der Waals surface area contributed by atoms with Crippen LogP contribution in [0, 0.1) is 11.3 Å². The van der Waals surface area contributed by atoms with Gasteiger partial charge in [-0.3, -0.25) is 14.2 Å². The van der Waals surface area contributed by atoms with Crippen LogP contribution in [0.2, 0.25) is 0 Å². The van der Waals surface area contributed by atoms with E-state index in [0.29, 0.717) is 24.7 Å². The van der Waals surface area contributed by atoms with Crippen LogP contribution in [0.15, 0.2) is 9.95 Å². The minimum atomic E-state index is -0.0623. The first kappa shape index (κ1) is 18.9. The number of hydrogen-bond acceptors (Lipinski definition) is 6. The van der Waals surface area contributed by atoms with Gasteiger partial charge in [-0.2, -0.15) is 5.26 Å². The van der Waals surface area contributed by atoms with Crippen LogP contribution in [0.3, 0.4) is 0 Å². The lowest BCUT2D eigenvalue weighted by Gasteiger charge is -2.16. The lowest BCUT2D eigenvalue weighted by Crippen LogP contribution is -2.29. The third-order valence-electron chi connectivity index (χ3n) is 4.67. The highest BCUT2D eigenvalue weighted by Gasteiger charge is 2.22. The van der Waals surface area contributed by atoms with Gasteiger partial charge in [-0.25, -0.2) is 4.98 Å². The highest BCUT2D eigenvalue weighted by molar-refractivity contribution is 7.99. The summed E-state index contributed by atoms with van der Waals surface area (Å²) in [4.78, 5) is 33.6. The van der Waals surface area contributed by atoms with Crippen molar-refractivity contribution in [3.63, 3.8) is 0 Å². The summed E-state index contributed by atoms with van der Waals surface area (Å²) in [5, 5.41) is 10.0. The monoisotopic (exact) mass is 390 g/mol. The molecule has 1 aliphatic rings. The zero-order chi connectivity index (χ0) is 18.7. The molecule has 3 rings (SSSR count). The van der Waals surface area contributed by atoms with Gasteiger partial charge in [0, 0.05) is 25.0 Å².